The average molecular weight is 315 g/mol. The smallest absolute Gasteiger partial charge is 0.142 e. The molecule has 1 saturated heterocycles. The second-order valence-corrected chi connectivity index (χ2v) is 6.05. The highest BCUT2D eigenvalue weighted by molar-refractivity contribution is 6.30. The van der Waals surface area contributed by atoms with Gasteiger partial charge in [-0.3, -0.25) is 4.90 Å². The Hall–Kier alpha value is -0.680. The Kier molecular flexibility index (Phi) is 6.90. The van der Waals surface area contributed by atoms with Gasteiger partial charge in [0.25, 0.3) is 0 Å². The molecule has 1 unspecified atom stereocenters. The Morgan fingerprint density at radius 1 is 1.38 bits per heavy atom. The number of aliphatic hydroxyl groups excluding tert-OH is 1. The molecule has 1 aliphatic rings. The largest absolute Gasteiger partial charge is 0.395 e. The molecule has 0 aromatic heterocycles. The van der Waals surface area contributed by atoms with Gasteiger partial charge in [0.2, 0.25) is 0 Å². The molecule has 1 fully saturated rings. The molecule has 1 aromatic rings. The third-order valence-corrected chi connectivity index (χ3v) is 4.38. The molecular formula is C16H24ClFN2O. The lowest BCUT2D eigenvalue weighted by Gasteiger charge is -2.22. The van der Waals surface area contributed by atoms with Crippen molar-refractivity contribution in [3.8, 4) is 0 Å². The summed E-state index contributed by atoms with van der Waals surface area (Å²) in [5.74, 6) is -0.361. The number of hydrogen-bond acceptors (Lipinski definition) is 3. The van der Waals surface area contributed by atoms with Crippen LogP contribution < -0.4 is 5.32 Å². The summed E-state index contributed by atoms with van der Waals surface area (Å²) in [4.78, 5) is 2.38. The first kappa shape index (κ1) is 16.7. The minimum Gasteiger partial charge on any atom is -0.395 e. The van der Waals surface area contributed by atoms with Gasteiger partial charge >= 0.3 is 0 Å². The SMILES string of the molecule is OCC1CCCN1CCCCNCc1ccc(Cl)c(F)c1. The lowest BCUT2D eigenvalue weighted by atomic mass is 10.2. The monoisotopic (exact) mass is 314 g/mol. The molecule has 1 heterocycles. The highest BCUT2D eigenvalue weighted by Crippen LogP contribution is 2.17. The number of nitrogens with zero attached hydrogens (tertiary/aromatic N) is 1. The maximum absolute atomic E-state index is 13.3. The van der Waals surface area contributed by atoms with Crippen LogP contribution in [0.25, 0.3) is 0 Å². The minimum atomic E-state index is -0.361. The molecule has 0 radical (unpaired) electrons. The molecular weight excluding hydrogens is 291 g/mol. The van der Waals surface area contributed by atoms with Crippen molar-refractivity contribution in [2.45, 2.75) is 38.3 Å². The van der Waals surface area contributed by atoms with Crippen LogP contribution in [0, 0.1) is 5.82 Å². The first-order valence-corrected chi connectivity index (χ1v) is 8.08. The number of benzene rings is 1. The van der Waals surface area contributed by atoms with E-state index in [9.17, 15) is 9.50 Å². The van der Waals surface area contributed by atoms with Crippen molar-refractivity contribution in [1.82, 2.24) is 10.2 Å². The third kappa shape index (κ3) is 5.22. The fourth-order valence-corrected chi connectivity index (χ4v) is 2.96. The Balaban J connectivity index is 1.56. The summed E-state index contributed by atoms with van der Waals surface area (Å²) in [6.07, 6.45) is 4.53. The molecule has 2 N–H and O–H groups in total. The summed E-state index contributed by atoms with van der Waals surface area (Å²) in [7, 11) is 0. The number of rotatable bonds is 8. The van der Waals surface area contributed by atoms with Gasteiger partial charge in [-0.2, -0.15) is 0 Å². The number of hydrogen-bond donors (Lipinski definition) is 2. The van der Waals surface area contributed by atoms with Crippen LogP contribution in [0.3, 0.4) is 0 Å². The summed E-state index contributed by atoms with van der Waals surface area (Å²) in [6.45, 7) is 4.03. The number of halogens is 2. The Bertz CT molecular complexity index is 444. The van der Waals surface area contributed by atoms with Crippen LogP contribution in [0.15, 0.2) is 18.2 Å². The first-order chi connectivity index (χ1) is 10.2. The summed E-state index contributed by atoms with van der Waals surface area (Å²) in [5.41, 5.74) is 0.914. The van der Waals surface area contributed by atoms with Crippen molar-refractivity contribution < 1.29 is 9.50 Å². The molecule has 0 spiro atoms. The highest BCUT2D eigenvalue weighted by Gasteiger charge is 2.22. The van der Waals surface area contributed by atoms with Crippen LogP contribution in [0.4, 0.5) is 4.39 Å². The van der Waals surface area contributed by atoms with E-state index in [1.54, 1.807) is 6.07 Å². The van der Waals surface area contributed by atoms with E-state index in [1.807, 2.05) is 6.07 Å². The normalized spacial score (nSPS) is 19.3. The number of aliphatic hydroxyl groups is 1. The van der Waals surface area contributed by atoms with E-state index in [4.69, 9.17) is 11.6 Å². The average Bonchev–Trinajstić information content (AvgIpc) is 2.93. The predicted octanol–water partition coefficient (Wildman–Crippen LogP) is 2.81. The second-order valence-electron chi connectivity index (χ2n) is 5.65. The molecule has 5 heteroatoms. The molecule has 3 nitrogen and oxygen atoms in total. The lowest BCUT2D eigenvalue weighted by Crippen LogP contribution is -2.33. The summed E-state index contributed by atoms with van der Waals surface area (Å²) in [6, 6.07) is 5.28. The van der Waals surface area contributed by atoms with Crippen LogP contribution in [0.2, 0.25) is 5.02 Å². The van der Waals surface area contributed by atoms with Crippen molar-refractivity contribution in [2.24, 2.45) is 0 Å². The summed E-state index contributed by atoms with van der Waals surface area (Å²) in [5, 5.41) is 12.7. The van der Waals surface area contributed by atoms with Crippen LogP contribution in [-0.2, 0) is 6.54 Å². The molecule has 21 heavy (non-hydrogen) atoms. The zero-order chi connectivity index (χ0) is 15.1. The topological polar surface area (TPSA) is 35.5 Å². The number of likely N-dealkylation sites (tertiary alicyclic amines) is 1. The first-order valence-electron chi connectivity index (χ1n) is 7.70. The zero-order valence-electron chi connectivity index (χ0n) is 12.3. The van der Waals surface area contributed by atoms with Gasteiger partial charge in [0.05, 0.1) is 11.6 Å². The van der Waals surface area contributed by atoms with Crippen molar-refractivity contribution in [3.63, 3.8) is 0 Å². The van der Waals surface area contributed by atoms with E-state index in [0.717, 1.165) is 44.5 Å². The van der Waals surface area contributed by atoms with Gasteiger partial charge < -0.3 is 10.4 Å². The maximum atomic E-state index is 13.3. The Labute approximate surface area is 131 Å². The van der Waals surface area contributed by atoms with Crippen molar-refractivity contribution >= 4 is 11.6 Å². The third-order valence-electron chi connectivity index (χ3n) is 4.07. The van der Waals surface area contributed by atoms with Crippen molar-refractivity contribution in [2.75, 3.05) is 26.2 Å². The molecule has 0 saturated carbocycles. The fourth-order valence-electron chi connectivity index (χ4n) is 2.84. The van der Waals surface area contributed by atoms with Gasteiger partial charge in [0.1, 0.15) is 5.82 Å². The van der Waals surface area contributed by atoms with Crippen molar-refractivity contribution in [1.29, 1.82) is 0 Å². The molecule has 1 aromatic carbocycles. The minimum absolute atomic E-state index is 0.169. The van der Waals surface area contributed by atoms with E-state index in [2.05, 4.69) is 10.2 Å². The summed E-state index contributed by atoms with van der Waals surface area (Å²) >= 11 is 5.65. The number of nitrogens with one attached hydrogen (secondary N) is 1. The van der Waals surface area contributed by atoms with E-state index >= 15 is 0 Å². The molecule has 0 amide bonds. The van der Waals surface area contributed by atoms with Crippen LogP contribution in [0.1, 0.15) is 31.2 Å². The van der Waals surface area contributed by atoms with Gasteiger partial charge in [-0.15, -0.1) is 0 Å². The highest BCUT2D eigenvalue weighted by atomic mass is 35.5. The van der Waals surface area contributed by atoms with Crippen LogP contribution >= 0.6 is 11.6 Å². The van der Waals surface area contributed by atoms with Crippen molar-refractivity contribution in [3.05, 3.63) is 34.6 Å². The van der Waals surface area contributed by atoms with E-state index in [0.29, 0.717) is 12.6 Å². The van der Waals surface area contributed by atoms with Gasteiger partial charge in [-0.05, 0) is 63.0 Å². The molecule has 1 atom stereocenters. The fraction of sp³-hybridized carbons (Fsp3) is 0.625. The molecule has 2 rings (SSSR count). The van der Waals surface area contributed by atoms with Gasteiger partial charge in [0.15, 0.2) is 0 Å². The molecule has 118 valence electrons. The van der Waals surface area contributed by atoms with Crippen LogP contribution in [-0.4, -0.2) is 42.3 Å². The van der Waals surface area contributed by atoms with Gasteiger partial charge in [-0.25, -0.2) is 4.39 Å². The van der Waals surface area contributed by atoms with E-state index < -0.39 is 0 Å². The van der Waals surface area contributed by atoms with E-state index in [1.165, 1.54) is 12.5 Å². The standard InChI is InChI=1S/C16H24ClFN2O/c17-15-6-5-13(10-16(15)18)11-19-7-1-2-8-20-9-3-4-14(20)12-21/h5-6,10,14,19,21H,1-4,7-9,11-12H2. The van der Waals surface area contributed by atoms with Crippen LogP contribution in [0.5, 0.6) is 0 Å². The predicted molar refractivity (Wildman–Crippen MR) is 84.0 cm³/mol. The summed E-state index contributed by atoms with van der Waals surface area (Å²) < 4.78 is 13.3. The second kappa shape index (κ2) is 8.69. The Morgan fingerprint density at radius 3 is 3.00 bits per heavy atom. The molecule has 1 aliphatic heterocycles. The Morgan fingerprint density at radius 2 is 2.24 bits per heavy atom. The van der Waals surface area contributed by atoms with Gasteiger partial charge in [-0.1, -0.05) is 17.7 Å². The molecule has 0 aliphatic carbocycles. The quantitative estimate of drug-likeness (QED) is 0.724. The molecule has 0 bridgehead atoms. The number of unbranched alkanes of at least 4 members (excludes halogenated alkanes) is 1. The van der Waals surface area contributed by atoms with E-state index in [-0.39, 0.29) is 17.4 Å². The zero-order valence-corrected chi connectivity index (χ0v) is 13.1. The maximum Gasteiger partial charge on any atom is 0.142 e. The lowest BCUT2D eigenvalue weighted by molar-refractivity contribution is 0.157. The van der Waals surface area contributed by atoms with Gasteiger partial charge in [0, 0.05) is 12.6 Å².